The molecular weight excluding hydrogens is 334 g/mol. The second kappa shape index (κ2) is 5.72. The van der Waals surface area contributed by atoms with Crippen LogP contribution in [0.5, 0.6) is 5.75 Å². The molecule has 1 heterocycles. The van der Waals surface area contributed by atoms with Crippen LogP contribution in [0.3, 0.4) is 0 Å². The van der Waals surface area contributed by atoms with E-state index in [2.05, 4.69) is 15.9 Å². The molecule has 1 aromatic heterocycles. The van der Waals surface area contributed by atoms with Crippen LogP contribution in [0.1, 0.15) is 34.6 Å². The minimum Gasteiger partial charge on any atom is -0.491 e. The number of carbonyl (C=O) groups excluding carboxylic acids is 1. The van der Waals surface area contributed by atoms with Gasteiger partial charge in [0.1, 0.15) is 11.4 Å². The molecule has 0 atom stereocenters. The summed E-state index contributed by atoms with van der Waals surface area (Å²) < 4.78 is 13.4. The molecule has 0 aliphatic rings. The number of rotatable bonds is 2. The Hall–Kier alpha value is -1.49. The van der Waals surface area contributed by atoms with E-state index in [1.807, 2.05) is 52.8 Å². The van der Waals surface area contributed by atoms with E-state index in [4.69, 9.17) is 9.47 Å². The van der Waals surface area contributed by atoms with E-state index >= 15 is 0 Å². The summed E-state index contributed by atoms with van der Waals surface area (Å²) in [5.74, 6) is 0.778. The number of hydrogen-bond acceptors (Lipinski definition) is 3. The normalized spacial score (nSPS) is 12.0. The molecule has 114 valence electrons. The van der Waals surface area contributed by atoms with Crippen LogP contribution in [0.4, 0.5) is 4.79 Å². The molecule has 0 N–H and O–H groups in total. The fourth-order valence-electron chi connectivity index (χ4n) is 1.98. The molecule has 0 spiro atoms. The molecule has 0 saturated heterocycles. The average Bonchev–Trinajstić information content (AvgIpc) is 2.64. The van der Waals surface area contributed by atoms with Gasteiger partial charge in [-0.2, -0.15) is 0 Å². The number of benzene rings is 1. The van der Waals surface area contributed by atoms with Crippen molar-refractivity contribution in [2.24, 2.45) is 0 Å². The Labute approximate surface area is 133 Å². The minimum absolute atomic E-state index is 0.106. The maximum absolute atomic E-state index is 12.2. The Bertz CT molecular complexity index is 668. The number of halogens is 1. The average molecular weight is 354 g/mol. The summed E-state index contributed by atoms with van der Waals surface area (Å²) in [6.45, 7) is 9.50. The van der Waals surface area contributed by atoms with Crippen LogP contribution in [0.2, 0.25) is 0 Å². The van der Waals surface area contributed by atoms with Crippen molar-refractivity contribution in [3.05, 3.63) is 28.9 Å². The first-order valence-electron chi connectivity index (χ1n) is 6.88. The van der Waals surface area contributed by atoms with Crippen molar-refractivity contribution in [3.63, 3.8) is 0 Å². The van der Waals surface area contributed by atoms with Gasteiger partial charge in [0.05, 0.1) is 11.6 Å². The van der Waals surface area contributed by atoms with Gasteiger partial charge in [0, 0.05) is 16.1 Å². The Balaban J connectivity index is 2.41. The van der Waals surface area contributed by atoms with Gasteiger partial charge in [0.15, 0.2) is 0 Å². The van der Waals surface area contributed by atoms with E-state index < -0.39 is 11.7 Å². The molecule has 2 rings (SSSR count). The fraction of sp³-hybridized carbons (Fsp3) is 0.438. The second-order valence-corrected chi connectivity index (χ2v) is 7.03. The lowest BCUT2D eigenvalue weighted by molar-refractivity contribution is 0.0544. The van der Waals surface area contributed by atoms with E-state index in [-0.39, 0.29) is 6.10 Å². The first-order chi connectivity index (χ1) is 9.67. The molecular formula is C16H20BrNO3. The highest BCUT2D eigenvalue weighted by Gasteiger charge is 2.20. The van der Waals surface area contributed by atoms with E-state index in [1.165, 1.54) is 4.57 Å². The van der Waals surface area contributed by atoms with Gasteiger partial charge in [0.25, 0.3) is 0 Å². The molecule has 1 aromatic carbocycles. The number of aromatic nitrogens is 1. The topological polar surface area (TPSA) is 40.5 Å². The standard InChI is InChI=1S/C16H20BrNO3/c1-10(2)20-11-6-7-14-12(8-11)13(17)9-18(14)15(19)21-16(3,4)5/h6-10H,1-5H3. The lowest BCUT2D eigenvalue weighted by Crippen LogP contribution is -2.26. The molecule has 0 aliphatic carbocycles. The smallest absolute Gasteiger partial charge is 0.419 e. The monoisotopic (exact) mass is 353 g/mol. The van der Waals surface area contributed by atoms with Gasteiger partial charge in [-0.3, -0.25) is 4.57 Å². The molecule has 21 heavy (non-hydrogen) atoms. The maximum atomic E-state index is 12.2. The van der Waals surface area contributed by atoms with Gasteiger partial charge < -0.3 is 9.47 Å². The second-order valence-electron chi connectivity index (χ2n) is 6.17. The highest BCUT2D eigenvalue weighted by Crippen LogP contribution is 2.30. The summed E-state index contributed by atoms with van der Waals surface area (Å²) in [5.41, 5.74) is 0.258. The predicted octanol–water partition coefficient (Wildman–Crippen LogP) is 4.97. The van der Waals surface area contributed by atoms with Crippen LogP contribution < -0.4 is 4.74 Å². The van der Waals surface area contributed by atoms with Crippen molar-refractivity contribution in [2.45, 2.75) is 46.3 Å². The minimum atomic E-state index is -0.527. The molecule has 0 fully saturated rings. The zero-order chi connectivity index (χ0) is 15.8. The van der Waals surface area contributed by atoms with Crippen LogP contribution in [0.15, 0.2) is 28.9 Å². The van der Waals surface area contributed by atoms with Crippen molar-refractivity contribution in [3.8, 4) is 5.75 Å². The van der Waals surface area contributed by atoms with Crippen molar-refractivity contribution < 1.29 is 14.3 Å². The van der Waals surface area contributed by atoms with Gasteiger partial charge in [-0.25, -0.2) is 4.79 Å². The van der Waals surface area contributed by atoms with Gasteiger partial charge >= 0.3 is 6.09 Å². The number of ether oxygens (including phenoxy) is 2. The van der Waals surface area contributed by atoms with Crippen molar-refractivity contribution >= 4 is 32.9 Å². The molecule has 0 aliphatic heterocycles. The summed E-state index contributed by atoms with van der Waals surface area (Å²) in [6, 6.07) is 5.64. The molecule has 0 radical (unpaired) electrons. The number of carbonyl (C=O) groups is 1. The zero-order valence-corrected chi connectivity index (χ0v) is 14.5. The summed E-state index contributed by atoms with van der Waals surface area (Å²) in [5, 5.41) is 0.916. The van der Waals surface area contributed by atoms with E-state index in [0.29, 0.717) is 0 Å². The molecule has 0 amide bonds. The lowest BCUT2D eigenvalue weighted by atomic mass is 10.2. The fourth-order valence-corrected chi connectivity index (χ4v) is 2.50. The molecule has 0 bridgehead atoms. The van der Waals surface area contributed by atoms with Crippen molar-refractivity contribution in [1.82, 2.24) is 4.57 Å². The molecule has 4 nitrogen and oxygen atoms in total. The highest BCUT2D eigenvalue weighted by atomic mass is 79.9. The number of fused-ring (bicyclic) bond motifs is 1. The molecule has 0 unspecified atom stereocenters. The Morgan fingerprint density at radius 1 is 1.29 bits per heavy atom. The summed E-state index contributed by atoms with van der Waals surface area (Å²) in [7, 11) is 0. The van der Waals surface area contributed by atoms with Crippen LogP contribution in [-0.4, -0.2) is 22.4 Å². The third-order valence-corrected chi connectivity index (χ3v) is 3.32. The third kappa shape index (κ3) is 3.79. The first kappa shape index (κ1) is 15.9. The largest absolute Gasteiger partial charge is 0.491 e. The first-order valence-corrected chi connectivity index (χ1v) is 7.67. The van der Waals surface area contributed by atoms with Crippen LogP contribution in [0, 0.1) is 0 Å². The summed E-state index contributed by atoms with van der Waals surface area (Å²) in [4.78, 5) is 12.2. The quantitative estimate of drug-likeness (QED) is 0.764. The van der Waals surface area contributed by atoms with Gasteiger partial charge in [-0.15, -0.1) is 0 Å². The maximum Gasteiger partial charge on any atom is 0.419 e. The van der Waals surface area contributed by atoms with Crippen LogP contribution >= 0.6 is 15.9 Å². The van der Waals surface area contributed by atoms with E-state index in [1.54, 1.807) is 6.20 Å². The number of nitrogens with zero attached hydrogens (tertiary/aromatic N) is 1. The van der Waals surface area contributed by atoms with E-state index in [0.717, 1.165) is 21.1 Å². The van der Waals surface area contributed by atoms with Gasteiger partial charge in [-0.1, -0.05) is 0 Å². The molecule has 0 saturated carbocycles. The third-order valence-electron chi connectivity index (χ3n) is 2.69. The van der Waals surface area contributed by atoms with Crippen molar-refractivity contribution in [1.29, 1.82) is 0 Å². The van der Waals surface area contributed by atoms with Crippen LogP contribution in [0.25, 0.3) is 10.9 Å². The van der Waals surface area contributed by atoms with E-state index in [9.17, 15) is 4.79 Å². The van der Waals surface area contributed by atoms with Crippen molar-refractivity contribution in [2.75, 3.05) is 0 Å². The zero-order valence-electron chi connectivity index (χ0n) is 12.9. The predicted molar refractivity (Wildman–Crippen MR) is 87.0 cm³/mol. The Morgan fingerprint density at radius 3 is 2.52 bits per heavy atom. The van der Waals surface area contributed by atoms with Crippen LogP contribution in [-0.2, 0) is 4.74 Å². The SMILES string of the molecule is CC(C)Oc1ccc2c(c1)c(Br)cn2C(=O)OC(C)(C)C. The highest BCUT2D eigenvalue weighted by molar-refractivity contribution is 9.10. The Morgan fingerprint density at radius 2 is 1.95 bits per heavy atom. The van der Waals surface area contributed by atoms with Gasteiger partial charge in [-0.05, 0) is 68.7 Å². The number of hydrogen-bond donors (Lipinski definition) is 0. The lowest BCUT2D eigenvalue weighted by Gasteiger charge is -2.19. The molecule has 2 aromatic rings. The summed E-state index contributed by atoms with van der Waals surface area (Å²) >= 11 is 3.48. The Kier molecular flexibility index (Phi) is 4.33. The summed E-state index contributed by atoms with van der Waals surface area (Å²) in [6.07, 6.45) is 1.43. The van der Waals surface area contributed by atoms with Gasteiger partial charge in [0.2, 0.25) is 0 Å². The molecule has 5 heteroatoms.